The maximum atomic E-state index is 14.0. The Balaban J connectivity index is 0.994. The summed E-state index contributed by atoms with van der Waals surface area (Å²) in [6.45, 7) is 11.1. The third-order valence-corrected chi connectivity index (χ3v) is 13.6. The van der Waals surface area contributed by atoms with Crippen LogP contribution in [0, 0.1) is 11.8 Å². The zero-order valence-corrected chi connectivity index (χ0v) is 29.7. The van der Waals surface area contributed by atoms with E-state index < -0.39 is 5.79 Å². The molecule has 11 heteroatoms. The Morgan fingerprint density at radius 3 is 2.36 bits per heavy atom. The number of rotatable bonds is 3. The van der Waals surface area contributed by atoms with Gasteiger partial charge in [0.05, 0.1) is 61.0 Å². The van der Waals surface area contributed by atoms with Gasteiger partial charge in [0.15, 0.2) is 5.79 Å². The number of ether oxygens (including phenoxy) is 9. The molecule has 0 aromatic rings. The lowest BCUT2D eigenvalue weighted by Crippen LogP contribution is -2.61. The van der Waals surface area contributed by atoms with Crippen LogP contribution in [0.4, 0.5) is 0 Å². The van der Waals surface area contributed by atoms with Crippen molar-refractivity contribution >= 4 is 5.78 Å². The highest BCUT2D eigenvalue weighted by molar-refractivity contribution is 5.79. The largest absolute Gasteiger partial charge is 0.396 e. The van der Waals surface area contributed by atoms with E-state index in [0.29, 0.717) is 44.4 Å². The maximum absolute atomic E-state index is 14.0. The molecular formula is C39H56O11. The van der Waals surface area contributed by atoms with Crippen LogP contribution in [0.2, 0.25) is 0 Å². The van der Waals surface area contributed by atoms with E-state index in [9.17, 15) is 9.90 Å². The second-order valence-electron chi connectivity index (χ2n) is 16.8. The number of ketones is 1. The highest BCUT2D eigenvalue weighted by Gasteiger charge is 2.68. The van der Waals surface area contributed by atoms with Gasteiger partial charge in [0.25, 0.3) is 0 Å². The summed E-state index contributed by atoms with van der Waals surface area (Å²) in [5.41, 5.74) is 2.23. The van der Waals surface area contributed by atoms with Crippen molar-refractivity contribution in [2.45, 2.75) is 188 Å². The van der Waals surface area contributed by atoms with Gasteiger partial charge in [-0.15, -0.1) is 0 Å². The third-order valence-electron chi connectivity index (χ3n) is 13.6. The van der Waals surface area contributed by atoms with Crippen LogP contribution in [0.5, 0.6) is 0 Å². The fourth-order valence-electron chi connectivity index (χ4n) is 11.1. The van der Waals surface area contributed by atoms with Gasteiger partial charge in [0.2, 0.25) is 0 Å². The number of hydrogen-bond acceptors (Lipinski definition) is 11. The smallest absolute Gasteiger partial charge is 0.172 e. The quantitative estimate of drug-likeness (QED) is 0.429. The highest BCUT2D eigenvalue weighted by atomic mass is 16.8. The molecule has 12 bridgehead atoms. The number of carbonyl (C=O) groups excluding carboxylic acids is 1. The lowest BCUT2D eigenvalue weighted by atomic mass is 9.81. The molecule has 10 saturated heterocycles. The Morgan fingerprint density at radius 1 is 0.760 bits per heavy atom. The van der Waals surface area contributed by atoms with Crippen LogP contribution >= 0.6 is 0 Å². The van der Waals surface area contributed by atoms with Crippen LogP contribution in [0.25, 0.3) is 0 Å². The standard InChI is InChI=1S/C39H56O11/c1-19-13-23-5-7-27-20(2)14-25(43-27)9-11-39-18-32-35(49-39)36-37(48-32)38(50-39)34-28(47-36)8-6-24(45-34)15-22(41)16-26-31(17-30(44-23)21(19)3)46-29(10-12-40)33(26)42-4/h19,23-38,40H,2-3,5-18H2,1,4H3/t19-,23+,24-,25+,26+,27+,28+,29-,30-,31+,32-,33-,34+,35+,36+,37+,38+,39+/m1/s1. The zero-order valence-electron chi connectivity index (χ0n) is 29.7. The van der Waals surface area contributed by atoms with Gasteiger partial charge in [-0.1, -0.05) is 20.1 Å². The van der Waals surface area contributed by atoms with E-state index in [1.165, 1.54) is 0 Å². The van der Waals surface area contributed by atoms with Crippen LogP contribution in [0.15, 0.2) is 24.3 Å². The van der Waals surface area contributed by atoms with Crippen LogP contribution in [0.1, 0.15) is 90.4 Å². The van der Waals surface area contributed by atoms with Crippen molar-refractivity contribution in [2.24, 2.45) is 11.8 Å². The monoisotopic (exact) mass is 700 g/mol. The second kappa shape index (κ2) is 13.6. The van der Waals surface area contributed by atoms with Crippen molar-refractivity contribution in [1.82, 2.24) is 0 Å². The van der Waals surface area contributed by atoms with Crippen molar-refractivity contribution in [3.8, 4) is 0 Å². The summed E-state index contributed by atoms with van der Waals surface area (Å²) >= 11 is 0. The molecule has 0 radical (unpaired) electrons. The molecule has 0 aliphatic carbocycles. The summed E-state index contributed by atoms with van der Waals surface area (Å²) in [7, 11) is 1.68. The van der Waals surface area contributed by atoms with Crippen LogP contribution in [-0.2, 0) is 47.4 Å². The summed E-state index contributed by atoms with van der Waals surface area (Å²) in [5.74, 6) is -0.512. The maximum Gasteiger partial charge on any atom is 0.172 e. The summed E-state index contributed by atoms with van der Waals surface area (Å²) in [6, 6.07) is 0. The topological polar surface area (TPSA) is 120 Å². The van der Waals surface area contributed by atoms with Gasteiger partial charge < -0.3 is 47.7 Å². The minimum absolute atomic E-state index is 0.00233. The Labute approximate surface area is 295 Å². The predicted octanol–water partition coefficient (Wildman–Crippen LogP) is 4.11. The first-order chi connectivity index (χ1) is 24.2. The van der Waals surface area contributed by atoms with Gasteiger partial charge >= 0.3 is 0 Å². The molecule has 0 saturated carbocycles. The van der Waals surface area contributed by atoms with Gasteiger partial charge in [0.1, 0.15) is 36.3 Å². The van der Waals surface area contributed by atoms with E-state index in [1.54, 1.807) is 7.11 Å². The van der Waals surface area contributed by atoms with Crippen molar-refractivity contribution < 1.29 is 52.5 Å². The number of Topliss-reactive ketones (excluding diaryl/α,β-unsaturated/α-hetero) is 1. The van der Waals surface area contributed by atoms with Crippen LogP contribution in [-0.4, -0.2) is 122 Å². The van der Waals surface area contributed by atoms with Gasteiger partial charge in [-0.3, -0.25) is 4.79 Å². The van der Waals surface area contributed by atoms with Crippen molar-refractivity contribution in [2.75, 3.05) is 13.7 Å². The molecule has 0 unspecified atom stereocenters. The van der Waals surface area contributed by atoms with Crippen molar-refractivity contribution in [3.05, 3.63) is 24.3 Å². The average Bonchev–Trinajstić information content (AvgIpc) is 3.76. The van der Waals surface area contributed by atoms with Crippen molar-refractivity contribution in [3.63, 3.8) is 0 Å². The fraction of sp³-hybridized carbons (Fsp3) is 0.872. The fourth-order valence-corrected chi connectivity index (χ4v) is 11.1. The molecule has 278 valence electrons. The molecule has 0 aromatic carbocycles. The summed E-state index contributed by atoms with van der Waals surface area (Å²) in [5, 5.41) is 9.87. The Kier molecular flexibility index (Phi) is 9.36. The van der Waals surface area contributed by atoms with E-state index in [1.807, 2.05) is 0 Å². The molecule has 10 rings (SSSR count). The first-order valence-corrected chi connectivity index (χ1v) is 19.5. The van der Waals surface area contributed by atoms with E-state index in [0.717, 1.165) is 56.1 Å². The number of hydrogen-bond donors (Lipinski definition) is 1. The molecule has 1 spiro atoms. The molecule has 1 N–H and O–H groups in total. The third kappa shape index (κ3) is 6.09. The minimum Gasteiger partial charge on any atom is -0.396 e. The zero-order chi connectivity index (χ0) is 34.3. The number of aliphatic hydroxyl groups excluding tert-OH is 1. The van der Waals surface area contributed by atoms with Gasteiger partial charge in [0, 0.05) is 51.7 Å². The van der Waals surface area contributed by atoms with Crippen LogP contribution < -0.4 is 0 Å². The molecule has 11 nitrogen and oxygen atoms in total. The molecule has 18 atom stereocenters. The first-order valence-electron chi connectivity index (χ1n) is 19.5. The summed E-state index contributed by atoms with van der Waals surface area (Å²) in [6.07, 6.45) is 6.30. The number of methoxy groups -OCH3 is 1. The molecule has 50 heavy (non-hydrogen) atoms. The molecule has 10 heterocycles. The molecule has 10 fully saturated rings. The van der Waals surface area contributed by atoms with Gasteiger partial charge in [-0.05, 0) is 68.4 Å². The van der Waals surface area contributed by atoms with E-state index in [2.05, 4.69) is 20.1 Å². The van der Waals surface area contributed by atoms with E-state index >= 15 is 0 Å². The molecule has 0 aromatic heterocycles. The minimum atomic E-state index is -0.769. The van der Waals surface area contributed by atoms with Gasteiger partial charge in [-0.2, -0.15) is 0 Å². The highest BCUT2D eigenvalue weighted by Crippen LogP contribution is 2.54. The molecule has 10 aliphatic rings. The summed E-state index contributed by atoms with van der Waals surface area (Å²) in [4.78, 5) is 14.0. The first kappa shape index (κ1) is 34.5. The van der Waals surface area contributed by atoms with Gasteiger partial charge in [-0.25, -0.2) is 0 Å². The number of aliphatic hydroxyl groups is 1. The number of carbonyl (C=O) groups is 1. The van der Waals surface area contributed by atoms with E-state index in [4.69, 9.17) is 42.6 Å². The Bertz CT molecular complexity index is 1320. The normalized spacial score (nSPS) is 53.3. The van der Waals surface area contributed by atoms with Crippen LogP contribution in [0.3, 0.4) is 0 Å². The lowest BCUT2D eigenvalue weighted by molar-refractivity contribution is -0.292. The number of fused-ring (bicyclic) bond motifs is 6. The average molecular weight is 701 g/mol. The molecule has 10 aliphatic heterocycles. The Morgan fingerprint density at radius 2 is 1.52 bits per heavy atom. The summed E-state index contributed by atoms with van der Waals surface area (Å²) < 4.78 is 59.8. The Hall–Kier alpha value is -1.25. The SMILES string of the molecule is C=C1C[C@@H]2CC[C@@]34C[C@H]5O[C@@H]6[C@@H](O3)[C@H]3O[C@H](CC[C@@H]3O[C@H]6[C@H]5O4)CC(=O)C[C@@H]3[C@@H](OC)[C@@H](CCO)O[C@H]3C[C@H]3O[C@@H](CC[C@@H]1O2)C[C@@H](C)C3=C. The van der Waals surface area contributed by atoms with Crippen molar-refractivity contribution in [1.29, 1.82) is 0 Å². The molecule has 0 amide bonds. The van der Waals surface area contributed by atoms with E-state index in [-0.39, 0.29) is 110 Å². The lowest BCUT2D eigenvalue weighted by Gasteiger charge is -2.47. The predicted molar refractivity (Wildman–Crippen MR) is 178 cm³/mol. The second-order valence-corrected chi connectivity index (χ2v) is 16.8. The molecular weight excluding hydrogens is 644 g/mol.